The zero-order valence-electron chi connectivity index (χ0n) is 16.1. The van der Waals surface area contributed by atoms with Crippen molar-refractivity contribution in [2.24, 2.45) is 0 Å². The molecule has 1 aliphatic carbocycles. The van der Waals surface area contributed by atoms with E-state index >= 15 is 0 Å². The Balaban J connectivity index is 1.50. The molecule has 1 unspecified atom stereocenters. The number of aliphatic hydroxyl groups is 1. The normalized spacial score (nSPS) is 14.6. The number of hydrogen-bond acceptors (Lipinski definition) is 6. The van der Waals surface area contributed by atoms with Crippen molar-refractivity contribution in [3.05, 3.63) is 70.9 Å². The van der Waals surface area contributed by atoms with Crippen LogP contribution in [-0.2, 0) is 0 Å². The Labute approximate surface area is 178 Å². The van der Waals surface area contributed by atoms with Gasteiger partial charge in [-0.25, -0.2) is 4.98 Å². The third-order valence-electron chi connectivity index (χ3n) is 5.21. The lowest BCUT2D eigenvalue weighted by Crippen LogP contribution is -2.17. The van der Waals surface area contributed by atoms with Crippen molar-refractivity contribution in [1.82, 2.24) is 20.2 Å². The molecule has 4 aromatic rings. The number of halogens is 1. The number of aliphatic hydroxyl groups excluding tert-OH is 1. The van der Waals surface area contributed by atoms with E-state index in [2.05, 4.69) is 30.8 Å². The minimum Gasteiger partial charge on any atom is -0.394 e. The second-order valence-corrected chi connectivity index (χ2v) is 7.89. The highest BCUT2D eigenvalue weighted by atomic mass is 35.5. The summed E-state index contributed by atoms with van der Waals surface area (Å²) in [7, 11) is 0. The lowest BCUT2D eigenvalue weighted by atomic mass is 10.1. The molecule has 1 aliphatic rings. The number of nitrogens with zero attached hydrogens (tertiary/aromatic N) is 3. The van der Waals surface area contributed by atoms with Crippen molar-refractivity contribution in [3.63, 3.8) is 0 Å². The Morgan fingerprint density at radius 1 is 1.10 bits per heavy atom. The Bertz CT molecular complexity index is 1170. The number of H-pyrrole nitrogens is 1. The van der Waals surface area contributed by atoms with Crippen LogP contribution in [0.1, 0.15) is 36.1 Å². The average molecular weight is 421 g/mol. The van der Waals surface area contributed by atoms with Crippen molar-refractivity contribution in [1.29, 1.82) is 0 Å². The van der Waals surface area contributed by atoms with Crippen LogP contribution in [0, 0.1) is 0 Å². The quantitative estimate of drug-likeness (QED) is 0.343. The monoisotopic (exact) mass is 420 g/mol. The number of hydrogen-bond donors (Lipinski definition) is 4. The predicted octanol–water partition coefficient (Wildman–Crippen LogP) is 4.77. The van der Waals surface area contributed by atoms with Crippen LogP contribution in [0.15, 0.2) is 54.6 Å². The van der Waals surface area contributed by atoms with Gasteiger partial charge in [-0.15, -0.1) is 0 Å². The third-order valence-corrected chi connectivity index (χ3v) is 5.44. The fraction of sp³-hybridized carbons (Fsp3) is 0.227. The Kier molecular flexibility index (Phi) is 4.98. The Hall–Kier alpha value is -3.16. The molecule has 1 saturated carbocycles. The molecule has 1 fully saturated rings. The lowest BCUT2D eigenvalue weighted by Gasteiger charge is -2.18. The molecular formula is C22H21ClN6O. The van der Waals surface area contributed by atoms with E-state index in [1.807, 2.05) is 48.5 Å². The van der Waals surface area contributed by atoms with Crippen LogP contribution in [0.4, 0.5) is 17.6 Å². The van der Waals surface area contributed by atoms with Crippen LogP contribution in [0.5, 0.6) is 0 Å². The molecule has 4 N–H and O–H groups in total. The van der Waals surface area contributed by atoms with Crippen molar-refractivity contribution >= 4 is 40.1 Å². The third kappa shape index (κ3) is 3.94. The van der Waals surface area contributed by atoms with Crippen molar-refractivity contribution in [3.8, 4) is 0 Å². The van der Waals surface area contributed by atoms with Crippen molar-refractivity contribution in [2.45, 2.75) is 24.8 Å². The van der Waals surface area contributed by atoms with E-state index in [4.69, 9.17) is 11.6 Å². The van der Waals surface area contributed by atoms with Crippen molar-refractivity contribution in [2.75, 3.05) is 17.2 Å². The molecule has 0 amide bonds. The molecule has 0 radical (unpaired) electrons. The minimum absolute atomic E-state index is 0.0895. The molecule has 2 aromatic carbocycles. The summed E-state index contributed by atoms with van der Waals surface area (Å²) in [6.45, 7) is -0.0895. The summed E-state index contributed by atoms with van der Waals surface area (Å²) in [5, 5.41) is 25.3. The first-order chi connectivity index (χ1) is 14.7. The molecule has 8 heteroatoms. The van der Waals surface area contributed by atoms with Crippen LogP contribution in [-0.4, -0.2) is 31.9 Å². The highest BCUT2D eigenvalue weighted by molar-refractivity contribution is 6.31. The van der Waals surface area contributed by atoms with E-state index in [9.17, 15) is 5.11 Å². The maximum absolute atomic E-state index is 9.89. The number of nitrogens with one attached hydrogen (secondary N) is 3. The highest BCUT2D eigenvalue weighted by Crippen LogP contribution is 2.40. The second-order valence-electron chi connectivity index (χ2n) is 7.46. The molecule has 0 spiro atoms. The maximum Gasteiger partial charge on any atom is 0.225 e. The van der Waals surface area contributed by atoms with E-state index in [1.54, 1.807) is 6.07 Å². The van der Waals surface area contributed by atoms with Gasteiger partial charge in [0.2, 0.25) is 5.95 Å². The molecular weight excluding hydrogens is 400 g/mol. The van der Waals surface area contributed by atoms with Gasteiger partial charge in [0.15, 0.2) is 5.82 Å². The van der Waals surface area contributed by atoms with Gasteiger partial charge in [0.1, 0.15) is 5.82 Å². The van der Waals surface area contributed by atoms with Gasteiger partial charge < -0.3 is 15.7 Å². The SMILES string of the molecule is OCC(Nc1nc(Nc2cc(C3CC3)[nH]n2)c2ccc(Cl)cc2n1)c1ccccc1. The van der Waals surface area contributed by atoms with Gasteiger partial charge in [0.05, 0.1) is 18.2 Å². The average Bonchev–Trinajstić information content (AvgIpc) is 3.51. The van der Waals surface area contributed by atoms with Crippen molar-refractivity contribution < 1.29 is 5.11 Å². The first-order valence-electron chi connectivity index (χ1n) is 9.91. The van der Waals surface area contributed by atoms with E-state index in [-0.39, 0.29) is 12.6 Å². The standard InChI is InChI=1S/C22H21ClN6O/c23-15-8-9-16-18(10-15)24-22(25-19(12-30)13-4-2-1-3-5-13)27-21(16)26-20-11-17(28-29-20)14-6-7-14/h1-5,8-11,14,19,30H,6-7,12H2,(H3,24,25,26,27,28,29). The zero-order valence-corrected chi connectivity index (χ0v) is 16.9. The molecule has 0 aliphatic heterocycles. The van der Waals surface area contributed by atoms with E-state index in [0.29, 0.717) is 34.0 Å². The van der Waals surface area contributed by atoms with Gasteiger partial charge in [0, 0.05) is 28.1 Å². The first-order valence-corrected chi connectivity index (χ1v) is 10.3. The summed E-state index contributed by atoms with van der Waals surface area (Å²) in [5.41, 5.74) is 2.79. The van der Waals surface area contributed by atoms with Gasteiger partial charge in [0.25, 0.3) is 0 Å². The molecule has 0 saturated heterocycles. The maximum atomic E-state index is 9.89. The number of rotatable bonds is 7. The summed E-state index contributed by atoms with van der Waals surface area (Å²) in [6, 6.07) is 16.9. The number of aromatic amines is 1. The molecule has 0 bridgehead atoms. The van der Waals surface area contributed by atoms with Crippen LogP contribution in [0.3, 0.4) is 0 Å². The summed E-state index contributed by atoms with van der Waals surface area (Å²) in [6.07, 6.45) is 2.40. The van der Waals surface area contributed by atoms with Gasteiger partial charge in [-0.2, -0.15) is 10.1 Å². The highest BCUT2D eigenvalue weighted by Gasteiger charge is 2.25. The van der Waals surface area contributed by atoms with Gasteiger partial charge >= 0.3 is 0 Å². The van der Waals surface area contributed by atoms with E-state index in [1.165, 1.54) is 12.8 Å². The van der Waals surface area contributed by atoms with E-state index in [0.717, 1.165) is 16.6 Å². The zero-order chi connectivity index (χ0) is 20.5. The van der Waals surface area contributed by atoms with Gasteiger partial charge in [-0.3, -0.25) is 5.10 Å². The van der Waals surface area contributed by atoms with Crippen LogP contribution in [0.2, 0.25) is 5.02 Å². The fourth-order valence-corrected chi connectivity index (χ4v) is 3.63. The summed E-state index contributed by atoms with van der Waals surface area (Å²) in [4.78, 5) is 9.28. The summed E-state index contributed by atoms with van der Waals surface area (Å²) in [5.74, 6) is 2.31. The van der Waals surface area contributed by atoms with Gasteiger partial charge in [-0.05, 0) is 36.6 Å². The first kappa shape index (κ1) is 18.8. The number of aromatic nitrogens is 4. The second kappa shape index (κ2) is 7.93. The van der Waals surface area contributed by atoms with E-state index < -0.39 is 0 Å². The smallest absolute Gasteiger partial charge is 0.225 e. The molecule has 2 heterocycles. The minimum atomic E-state index is -0.331. The Morgan fingerprint density at radius 2 is 1.93 bits per heavy atom. The molecule has 7 nitrogen and oxygen atoms in total. The topological polar surface area (TPSA) is 98.8 Å². The summed E-state index contributed by atoms with van der Waals surface area (Å²) < 4.78 is 0. The Morgan fingerprint density at radius 3 is 2.70 bits per heavy atom. The molecule has 152 valence electrons. The molecule has 1 atom stereocenters. The number of fused-ring (bicyclic) bond motifs is 1. The van der Waals surface area contributed by atoms with Gasteiger partial charge in [-0.1, -0.05) is 41.9 Å². The van der Waals surface area contributed by atoms with Crippen LogP contribution < -0.4 is 10.6 Å². The van der Waals surface area contributed by atoms with Crippen LogP contribution in [0.25, 0.3) is 10.9 Å². The molecule has 2 aromatic heterocycles. The largest absolute Gasteiger partial charge is 0.394 e. The predicted molar refractivity (Wildman–Crippen MR) is 118 cm³/mol. The fourth-order valence-electron chi connectivity index (χ4n) is 3.46. The van der Waals surface area contributed by atoms with Crippen LogP contribution >= 0.6 is 11.6 Å². The number of benzene rings is 2. The lowest BCUT2D eigenvalue weighted by molar-refractivity contribution is 0.276. The number of anilines is 3. The molecule has 30 heavy (non-hydrogen) atoms. The summed E-state index contributed by atoms with van der Waals surface area (Å²) >= 11 is 6.20. The molecule has 5 rings (SSSR count).